The maximum Gasteiger partial charge on any atom is 0.408 e. The minimum absolute atomic E-state index is 0.123. The molecule has 0 aliphatic heterocycles. The fourth-order valence-corrected chi connectivity index (χ4v) is 1.69. The van der Waals surface area contributed by atoms with Crippen LogP contribution < -0.4 is 11.1 Å². The monoisotopic (exact) mass is 323 g/mol. The van der Waals surface area contributed by atoms with E-state index in [1.165, 1.54) is 4.91 Å². The second-order valence-electron chi connectivity index (χ2n) is 4.54. The van der Waals surface area contributed by atoms with Crippen LogP contribution in [0.5, 0.6) is 0 Å². The highest BCUT2D eigenvalue weighted by molar-refractivity contribution is 5.79. The first kappa shape index (κ1) is 20.2. The summed E-state index contributed by atoms with van der Waals surface area (Å²) in [6.07, 6.45) is 1.21. The van der Waals surface area contributed by atoms with Crippen LogP contribution in [0.4, 0.5) is 4.79 Å². The molecule has 126 valence electrons. The van der Waals surface area contributed by atoms with Crippen molar-refractivity contribution >= 4 is 12.1 Å². The van der Waals surface area contributed by atoms with Gasteiger partial charge >= 0.3 is 12.1 Å². The summed E-state index contributed by atoms with van der Waals surface area (Å²) in [5.41, 5.74) is 18.0. The summed E-state index contributed by atoms with van der Waals surface area (Å²) in [6, 6.07) is 8.30. The summed E-state index contributed by atoms with van der Waals surface area (Å²) < 4.78 is 4.99. The lowest BCUT2D eigenvalue weighted by molar-refractivity contribution is -0.368. The molecular weight excluding hydrogens is 302 g/mol. The molecule has 1 rings (SSSR count). The van der Waals surface area contributed by atoms with Crippen molar-refractivity contribution in [2.75, 3.05) is 6.54 Å². The first-order valence-corrected chi connectivity index (χ1v) is 7.02. The number of ether oxygens (including phenoxy) is 1. The molecule has 9 nitrogen and oxygen atoms in total. The summed E-state index contributed by atoms with van der Waals surface area (Å²) in [4.78, 5) is 24.1. The van der Waals surface area contributed by atoms with Crippen molar-refractivity contribution < 1.29 is 25.2 Å². The topological polar surface area (TPSA) is 162 Å². The second-order valence-corrected chi connectivity index (χ2v) is 4.54. The van der Waals surface area contributed by atoms with E-state index in [0.29, 0.717) is 12.8 Å². The van der Waals surface area contributed by atoms with Gasteiger partial charge in [-0.2, -0.15) is 0 Å². The van der Waals surface area contributed by atoms with Crippen LogP contribution in [0.3, 0.4) is 0 Å². The van der Waals surface area contributed by atoms with Crippen molar-refractivity contribution in [3.63, 3.8) is 0 Å². The van der Waals surface area contributed by atoms with Gasteiger partial charge in [-0.3, -0.25) is 4.91 Å². The third kappa shape index (κ3) is 10.6. The fraction of sp³-hybridized carbons (Fsp3) is 0.429. The van der Waals surface area contributed by atoms with E-state index >= 15 is 0 Å². The lowest BCUT2D eigenvalue weighted by Crippen LogP contribution is -2.50. The average molecular weight is 323 g/mol. The number of quaternary nitrogens is 1. The quantitative estimate of drug-likeness (QED) is 0.287. The van der Waals surface area contributed by atoms with Gasteiger partial charge in [0.05, 0.1) is 6.54 Å². The summed E-state index contributed by atoms with van der Waals surface area (Å²) in [5, 5.41) is 11.4. The van der Waals surface area contributed by atoms with Gasteiger partial charge in [-0.15, -0.1) is 0 Å². The number of rotatable bonds is 8. The maximum absolute atomic E-state index is 11.6. The van der Waals surface area contributed by atoms with E-state index in [-0.39, 0.29) is 6.61 Å². The highest BCUT2D eigenvalue weighted by Crippen LogP contribution is 2.03. The number of aliphatic carboxylic acids is 1. The van der Waals surface area contributed by atoms with Crippen LogP contribution in [0.1, 0.15) is 24.8 Å². The number of carbonyl (C=O) groups is 2. The van der Waals surface area contributed by atoms with Gasteiger partial charge in [0.15, 0.2) is 0 Å². The highest BCUT2D eigenvalue weighted by atomic mass is 16.5. The maximum atomic E-state index is 11.6. The SMILES string of the molecule is [N-]=[N+]=[N-].[NH3+]CCCC[C@H](NC(=O)OCc1ccccc1)C(=O)O. The number of carbonyl (C=O) groups excluding carboxylic acids is 1. The molecule has 5 N–H and O–H groups in total. The molecule has 23 heavy (non-hydrogen) atoms. The Morgan fingerprint density at radius 2 is 1.87 bits per heavy atom. The minimum Gasteiger partial charge on any atom is -0.480 e. The largest absolute Gasteiger partial charge is 0.480 e. The van der Waals surface area contributed by atoms with Crippen molar-refractivity contribution in [2.45, 2.75) is 31.9 Å². The molecular formula is C14H21N5O4. The number of hydrogen-bond donors (Lipinski definition) is 3. The van der Waals surface area contributed by atoms with E-state index < -0.39 is 18.1 Å². The van der Waals surface area contributed by atoms with E-state index in [9.17, 15) is 9.59 Å². The summed E-state index contributed by atoms with van der Waals surface area (Å²) >= 11 is 0. The number of amides is 1. The van der Waals surface area contributed by atoms with Crippen LogP contribution in [0.2, 0.25) is 0 Å². The van der Waals surface area contributed by atoms with Crippen molar-refractivity contribution in [1.82, 2.24) is 5.32 Å². The van der Waals surface area contributed by atoms with E-state index in [0.717, 1.165) is 18.5 Å². The smallest absolute Gasteiger partial charge is 0.408 e. The molecule has 0 unspecified atom stereocenters. The molecule has 1 atom stereocenters. The van der Waals surface area contributed by atoms with Crippen molar-refractivity contribution in [2.24, 2.45) is 0 Å². The number of alkyl carbamates (subject to hydrolysis) is 1. The zero-order chi connectivity index (χ0) is 17.5. The Morgan fingerprint density at radius 1 is 1.26 bits per heavy atom. The molecule has 1 aromatic rings. The molecule has 0 spiro atoms. The molecule has 0 radical (unpaired) electrons. The first-order chi connectivity index (χ1) is 11.0. The number of nitrogens with one attached hydrogen (secondary N) is 1. The molecule has 0 fully saturated rings. The van der Waals surface area contributed by atoms with E-state index in [2.05, 4.69) is 11.1 Å². The summed E-state index contributed by atoms with van der Waals surface area (Å²) in [6.45, 7) is 0.878. The van der Waals surface area contributed by atoms with Crippen molar-refractivity contribution in [3.05, 3.63) is 51.9 Å². The molecule has 0 aliphatic rings. The number of carboxylic acid groups (broad SMARTS) is 1. The van der Waals surface area contributed by atoms with Crippen LogP contribution in [0.25, 0.3) is 16.0 Å². The molecule has 9 heteroatoms. The van der Waals surface area contributed by atoms with Crippen LogP contribution >= 0.6 is 0 Å². The molecule has 0 aromatic heterocycles. The predicted molar refractivity (Wildman–Crippen MR) is 82.9 cm³/mol. The van der Waals surface area contributed by atoms with Gasteiger partial charge in [-0.05, 0) is 24.8 Å². The molecule has 0 aliphatic carbocycles. The van der Waals surface area contributed by atoms with Gasteiger partial charge in [0.25, 0.3) is 0 Å². The third-order valence-electron chi connectivity index (χ3n) is 2.80. The third-order valence-corrected chi connectivity index (χ3v) is 2.80. The Kier molecular flexibility index (Phi) is 11.4. The molecule has 0 saturated carbocycles. The number of nitrogens with zero attached hydrogens (tertiary/aromatic N) is 3. The second kappa shape index (κ2) is 12.9. The zero-order valence-corrected chi connectivity index (χ0v) is 12.7. The van der Waals surface area contributed by atoms with Crippen LogP contribution in [-0.2, 0) is 16.1 Å². The van der Waals surface area contributed by atoms with Gasteiger partial charge in [-0.25, -0.2) is 9.59 Å². The summed E-state index contributed by atoms with van der Waals surface area (Å²) in [7, 11) is 0. The number of benzene rings is 1. The Hall–Kier alpha value is -2.77. The Labute approximate surface area is 133 Å². The lowest BCUT2D eigenvalue weighted by atomic mass is 10.1. The molecule has 0 saturated heterocycles. The van der Waals surface area contributed by atoms with Crippen molar-refractivity contribution in [3.8, 4) is 0 Å². The Balaban J connectivity index is 0.00000149. The van der Waals surface area contributed by atoms with E-state index in [1.54, 1.807) is 0 Å². The number of carboxylic acids is 1. The van der Waals surface area contributed by atoms with Gasteiger partial charge in [-0.1, -0.05) is 30.3 Å². The highest BCUT2D eigenvalue weighted by Gasteiger charge is 2.20. The van der Waals surface area contributed by atoms with Crippen molar-refractivity contribution in [1.29, 1.82) is 0 Å². The molecule has 1 aromatic carbocycles. The molecule has 0 bridgehead atoms. The number of hydrogen-bond acceptors (Lipinski definition) is 3. The number of unbranched alkanes of at least 4 members (excludes halogenated alkanes) is 1. The zero-order valence-electron chi connectivity index (χ0n) is 12.7. The van der Waals surface area contributed by atoms with Gasteiger partial charge in [0, 0.05) is 0 Å². The van der Waals surface area contributed by atoms with Gasteiger partial charge < -0.3 is 32.0 Å². The molecule has 0 heterocycles. The summed E-state index contributed by atoms with van der Waals surface area (Å²) in [5.74, 6) is -1.05. The van der Waals surface area contributed by atoms with Gasteiger partial charge in [0.2, 0.25) is 0 Å². The van der Waals surface area contributed by atoms with E-state index in [1.807, 2.05) is 30.3 Å². The van der Waals surface area contributed by atoms with Crippen LogP contribution in [0.15, 0.2) is 30.3 Å². The van der Waals surface area contributed by atoms with Crippen LogP contribution in [-0.4, -0.2) is 29.8 Å². The predicted octanol–water partition coefficient (Wildman–Crippen LogP) is 1.64. The van der Waals surface area contributed by atoms with Crippen LogP contribution in [0, 0.1) is 0 Å². The average Bonchev–Trinajstić information content (AvgIpc) is 2.54. The first-order valence-electron chi connectivity index (χ1n) is 7.02. The standard InChI is InChI=1S/C14H20N2O4.N3/c15-9-5-4-8-12(13(17)18)16-14(19)20-10-11-6-2-1-3-7-11;1-3-2/h1-3,6-7,12H,4-5,8-10,15H2,(H,16,19)(H,17,18);/q;-1/p+1/t12-;/m0./s1. The lowest BCUT2D eigenvalue weighted by Gasteiger charge is -2.14. The normalized spacial score (nSPS) is 10.5. The molecule has 1 amide bonds. The minimum atomic E-state index is -1.05. The Morgan fingerprint density at radius 3 is 2.39 bits per heavy atom. The Bertz CT molecular complexity index is 503. The van der Waals surface area contributed by atoms with E-state index in [4.69, 9.17) is 20.9 Å². The fourth-order valence-electron chi connectivity index (χ4n) is 1.69. The van der Waals surface area contributed by atoms with Gasteiger partial charge in [0.1, 0.15) is 12.6 Å².